The number of nitrogens with one attached hydrogen (secondary N) is 1. The molecule has 0 fully saturated rings. The maximum Gasteiger partial charge on any atom is 0.269 e. The maximum absolute atomic E-state index is 13.0. The molecule has 7 nitrogen and oxygen atoms in total. The quantitative estimate of drug-likeness (QED) is 0.373. The van der Waals surface area contributed by atoms with E-state index in [1.54, 1.807) is 13.2 Å². The Hall–Kier alpha value is -4.26. The predicted octanol–water partition coefficient (Wildman–Crippen LogP) is 5.07. The lowest BCUT2D eigenvalue weighted by atomic mass is 10.0. The van der Waals surface area contributed by atoms with E-state index in [1.165, 1.54) is 24.3 Å². The molecule has 0 aliphatic rings. The lowest BCUT2D eigenvalue weighted by Gasteiger charge is -2.11. The van der Waals surface area contributed by atoms with Crippen molar-refractivity contribution in [3.63, 3.8) is 0 Å². The molecule has 1 heterocycles. The van der Waals surface area contributed by atoms with E-state index in [4.69, 9.17) is 4.74 Å². The molecular weight excluding hydrogens is 382 g/mol. The number of nitrogens with zero attached hydrogens (tertiary/aromatic N) is 2. The highest BCUT2D eigenvalue weighted by atomic mass is 16.6. The maximum atomic E-state index is 13.0. The third-order valence-electron chi connectivity index (χ3n) is 4.68. The van der Waals surface area contributed by atoms with E-state index in [9.17, 15) is 14.9 Å². The van der Waals surface area contributed by atoms with Gasteiger partial charge in [0.05, 0.1) is 28.8 Å². The Morgan fingerprint density at radius 1 is 1.00 bits per heavy atom. The molecule has 0 saturated heterocycles. The first-order valence-corrected chi connectivity index (χ1v) is 9.15. The topological polar surface area (TPSA) is 94.4 Å². The number of amides is 1. The molecule has 148 valence electrons. The van der Waals surface area contributed by atoms with Crippen molar-refractivity contribution in [2.24, 2.45) is 0 Å². The SMILES string of the molecule is COc1ccc(-c2cc(C(=O)Nc3ccc([N+](=O)[O-])cc3)c3ccccc3n2)cc1. The minimum Gasteiger partial charge on any atom is -0.497 e. The van der Waals surface area contributed by atoms with E-state index in [0.29, 0.717) is 27.8 Å². The van der Waals surface area contributed by atoms with E-state index < -0.39 is 4.92 Å². The molecular formula is C23H17N3O4. The van der Waals surface area contributed by atoms with Gasteiger partial charge < -0.3 is 10.1 Å². The van der Waals surface area contributed by atoms with E-state index in [1.807, 2.05) is 48.5 Å². The summed E-state index contributed by atoms with van der Waals surface area (Å²) >= 11 is 0. The second-order valence-electron chi connectivity index (χ2n) is 6.56. The number of rotatable bonds is 5. The molecule has 4 aromatic rings. The number of fused-ring (bicyclic) bond motifs is 1. The van der Waals surface area contributed by atoms with Crippen LogP contribution >= 0.6 is 0 Å². The number of para-hydroxylation sites is 1. The third kappa shape index (κ3) is 3.81. The average molecular weight is 399 g/mol. The van der Waals surface area contributed by atoms with Gasteiger partial charge in [-0.2, -0.15) is 0 Å². The van der Waals surface area contributed by atoms with Gasteiger partial charge in [0, 0.05) is 28.8 Å². The van der Waals surface area contributed by atoms with Gasteiger partial charge in [0.1, 0.15) is 5.75 Å². The zero-order valence-corrected chi connectivity index (χ0v) is 16.0. The van der Waals surface area contributed by atoms with E-state index >= 15 is 0 Å². The highest BCUT2D eigenvalue weighted by molar-refractivity contribution is 6.13. The number of hydrogen-bond acceptors (Lipinski definition) is 5. The van der Waals surface area contributed by atoms with Gasteiger partial charge in [0.15, 0.2) is 0 Å². The van der Waals surface area contributed by atoms with Crippen LogP contribution in [0.15, 0.2) is 78.9 Å². The summed E-state index contributed by atoms with van der Waals surface area (Å²) in [6.07, 6.45) is 0. The summed E-state index contributed by atoms with van der Waals surface area (Å²) in [6, 6.07) is 22.3. The molecule has 1 N–H and O–H groups in total. The van der Waals surface area contributed by atoms with Crippen LogP contribution < -0.4 is 10.1 Å². The summed E-state index contributed by atoms with van der Waals surface area (Å²) in [6.45, 7) is 0. The number of benzene rings is 3. The van der Waals surface area contributed by atoms with Crippen LogP contribution in [-0.2, 0) is 0 Å². The fourth-order valence-electron chi connectivity index (χ4n) is 3.14. The Bertz CT molecular complexity index is 1240. The molecule has 0 spiro atoms. The van der Waals surface area contributed by atoms with Crippen molar-refractivity contribution in [2.45, 2.75) is 0 Å². The zero-order chi connectivity index (χ0) is 21.1. The molecule has 0 aliphatic heterocycles. The number of non-ortho nitro benzene ring substituents is 1. The Kier molecular flexibility index (Phi) is 5.09. The first kappa shape index (κ1) is 19.1. The molecule has 0 saturated carbocycles. The smallest absolute Gasteiger partial charge is 0.269 e. The number of anilines is 1. The highest BCUT2D eigenvalue weighted by Crippen LogP contribution is 2.27. The van der Waals surface area contributed by atoms with Crippen LogP contribution in [0.3, 0.4) is 0 Å². The zero-order valence-electron chi connectivity index (χ0n) is 16.0. The Morgan fingerprint density at radius 3 is 2.37 bits per heavy atom. The van der Waals surface area contributed by atoms with Crippen molar-refractivity contribution in [3.05, 3.63) is 94.5 Å². The molecule has 0 aliphatic carbocycles. The monoisotopic (exact) mass is 399 g/mol. The summed E-state index contributed by atoms with van der Waals surface area (Å²) in [5.74, 6) is 0.410. The lowest BCUT2D eigenvalue weighted by molar-refractivity contribution is -0.384. The number of nitro groups is 1. The molecule has 1 aromatic heterocycles. The number of hydrogen-bond donors (Lipinski definition) is 1. The summed E-state index contributed by atoms with van der Waals surface area (Å²) in [5, 5.41) is 14.3. The number of nitro benzene ring substituents is 1. The second-order valence-corrected chi connectivity index (χ2v) is 6.56. The Labute approximate surface area is 172 Å². The van der Waals surface area contributed by atoms with Crippen LogP contribution in [0, 0.1) is 10.1 Å². The summed E-state index contributed by atoms with van der Waals surface area (Å²) in [7, 11) is 1.60. The van der Waals surface area contributed by atoms with Gasteiger partial charge in [-0.15, -0.1) is 0 Å². The fraction of sp³-hybridized carbons (Fsp3) is 0.0435. The molecule has 0 atom stereocenters. The largest absolute Gasteiger partial charge is 0.497 e. The fourth-order valence-corrected chi connectivity index (χ4v) is 3.14. The molecule has 4 rings (SSSR count). The van der Waals surface area contributed by atoms with Crippen LogP contribution in [0.5, 0.6) is 5.75 Å². The minimum atomic E-state index is -0.483. The number of carbonyl (C=O) groups is 1. The standard InChI is InChI=1S/C23H17N3O4/c1-30-18-12-6-15(7-13-18)22-14-20(19-4-2-3-5-21(19)25-22)23(27)24-16-8-10-17(11-9-16)26(28)29/h2-14H,1H3,(H,24,27). The first-order chi connectivity index (χ1) is 14.5. The van der Waals surface area contributed by atoms with Gasteiger partial charge in [-0.1, -0.05) is 18.2 Å². The van der Waals surface area contributed by atoms with Crippen molar-refractivity contribution < 1.29 is 14.5 Å². The van der Waals surface area contributed by atoms with Gasteiger partial charge in [0.25, 0.3) is 11.6 Å². The summed E-state index contributed by atoms with van der Waals surface area (Å²) < 4.78 is 5.20. The molecule has 30 heavy (non-hydrogen) atoms. The van der Waals surface area contributed by atoms with Crippen molar-refractivity contribution in [1.82, 2.24) is 4.98 Å². The van der Waals surface area contributed by atoms with Crippen molar-refractivity contribution in [2.75, 3.05) is 12.4 Å². The van der Waals surface area contributed by atoms with E-state index in [0.717, 1.165) is 11.3 Å². The molecule has 3 aromatic carbocycles. The van der Waals surface area contributed by atoms with E-state index in [2.05, 4.69) is 10.3 Å². The van der Waals surface area contributed by atoms with Crippen molar-refractivity contribution in [3.8, 4) is 17.0 Å². The van der Waals surface area contributed by atoms with E-state index in [-0.39, 0.29) is 11.6 Å². The van der Waals surface area contributed by atoms with Crippen LogP contribution in [0.4, 0.5) is 11.4 Å². The van der Waals surface area contributed by atoms with Crippen molar-refractivity contribution >= 4 is 28.2 Å². The Morgan fingerprint density at radius 2 is 1.70 bits per heavy atom. The van der Waals surface area contributed by atoms with Crippen LogP contribution in [-0.4, -0.2) is 22.9 Å². The van der Waals surface area contributed by atoms with Gasteiger partial charge in [-0.25, -0.2) is 4.98 Å². The molecule has 0 bridgehead atoms. The van der Waals surface area contributed by atoms with Crippen molar-refractivity contribution in [1.29, 1.82) is 0 Å². The minimum absolute atomic E-state index is 0.0378. The van der Waals surface area contributed by atoms with Gasteiger partial charge in [-0.05, 0) is 48.5 Å². The number of ether oxygens (including phenoxy) is 1. The molecule has 1 amide bonds. The number of aromatic nitrogens is 1. The predicted molar refractivity (Wildman–Crippen MR) is 115 cm³/mol. The highest BCUT2D eigenvalue weighted by Gasteiger charge is 2.15. The number of carbonyl (C=O) groups excluding carboxylic acids is 1. The van der Waals surface area contributed by atoms with Crippen LogP contribution in [0.25, 0.3) is 22.2 Å². The second kappa shape index (κ2) is 8.00. The average Bonchev–Trinajstić information content (AvgIpc) is 2.78. The van der Waals surface area contributed by atoms with Gasteiger partial charge in [0.2, 0.25) is 0 Å². The molecule has 7 heteroatoms. The molecule has 0 radical (unpaired) electrons. The summed E-state index contributed by atoms with van der Waals surface area (Å²) in [4.78, 5) is 28.1. The van der Waals surface area contributed by atoms with Crippen LogP contribution in [0.2, 0.25) is 0 Å². The van der Waals surface area contributed by atoms with Crippen LogP contribution in [0.1, 0.15) is 10.4 Å². The van der Waals surface area contributed by atoms with Gasteiger partial charge in [-0.3, -0.25) is 14.9 Å². The number of pyridine rings is 1. The normalized spacial score (nSPS) is 10.6. The lowest BCUT2D eigenvalue weighted by Crippen LogP contribution is -2.13. The van der Waals surface area contributed by atoms with Gasteiger partial charge >= 0.3 is 0 Å². The molecule has 0 unspecified atom stereocenters. The summed E-state index contributed by atoms with van der Waals surface area (Å²) in [5.41, 5.74) is 3.10. The first-order valence-electron chi connectivity index (χ1n) is 9.15. The Balaban J connectivity index is 1.72. The third-order valence-corrected chi connectivity index (χ3v) is 4.68. The number of methoxy groups -OCH3 is 1.